The van der Waals surface area contributed by atoms with Crippen molar-refractivity contribution >= 4 is 12.1 Å². The maximum Gasteiger partial charge on any atom is 0.211 e. The fourth-order valence-corrected chi connectivity index (χ4v) is 0.516. The molecule has 1 heterocycles. The maximum absolute atomic E-state index is 9.84. The summed E-state index contributed by atoms with van der Waals surface area (Å²) in [5.41, 5.74) is 1.26. The number of carbonyl (C=O) groups excluding carboxylic acids is 1. The average Bonchev–Trinajstić information content (AvgIpc) is 2.20. The van der Waals surface area contributed by atoms with E-state index in [2.05, 4.69) is 38.0 Å². The van der Waals surface area contributed by atoms with Gasteiger partial charge in [-0.25, -0.2) is 0 Å². The smallest absolute Gasteiger partial charge is 0.211 e. The zero-order valence-corrected chi connectivity index (χ0v) is 9.95. The number of anilines is 1. The van der Waals surface area contributed by atoms with E-state index in [0.717, 1.165) is 0 Å². The van der Waals surface area contributed by atoms with Gasteiger partial charge in [-0.3, -0.25) is 9.78 Å². The van der Waals surface area contributed by atoms with Gasteiger partial charge in [0.2, 0.25) is 6.41 Å². The van der Waals surface area contributed by atoms with Crippen LogP contribution >= 0.6 is 0 Å². The Kier molecular flexibility index (Phi) is 6.34. The summed E-state index contributed by atoms with van der Waals surface area (Å²) in [4.78, 5) is 13.6. The fraction of sp³-hybridized carbons (Fsp3) is 0.500. The molecular formula is C12H20N2O. The quantitative estimate of drug-likeness (QED) is 0.759. The summed E-state index contributed by atoms with van der Waals surface area (Å²) in [5.74, 6) is 0. The first-order chi connectivity index (χ1) is 6.99. The predicted octanol–water partition coefficient (Wildman–Crippen LogP) is 3.09. The summed E-state index contributed by atoms with van der Waals surface area (Å²) in [6.07, 6.45) is 5.12. The number of hydrogen-bond acceptors (Lipinski definition) is 2. The number of rotatable bonds is 2. The van der Waals surface area contributed by atoms with Crippen molar-refractivity contribution in [3.63, 3.8) is 0 Å². The fourth-order valence-electron chi connectivity index (χ4n) is 0.516. The van der Waals surface area contributed by atoms with E-state index in [4.69, 9.17) is 0 Å². The second-order valence-electron chi connectivity index (χ2n) is 4.42. The third-order valence-corrected chi connectivity index (χ3v) is 1.95. The topological polar surface area (TPSA) is 42.0 Å². The highest BCUT2D eigenvalue weighted by molar-refractivity contribution is 5.70. The first kappa shape index (κ1) is 13.6. The summed E-state index contributed by atoms with van der Waals surface area (Å²) >= 11 is 0. The Hall–Kier alpha value is -1.38. The highest BCUT2D eigenvalue weighted by Gasteiger charge is 2.03. The van der Waals surface area contributed by atoms with Gasteiger partial charge in [0, 0.05) is 6.20 Å². The van der Waals surface area contributed by atoms with Crippen molar-refractivity contribution in [2.45, 2.75) is 34.1 Å². The van der Waals surface area contributed by atoms with Gasteiger partial charge in [0.1, 0.15) is 0 Å². The molecule has 3 heteroatoms. The van der Waals surface area contributed by atoms with Gasteiger partial charge in [0.15, 0.2) is 0 Å². The first-order valence-corrected chi connectivity index (χ1v) is 5.10. The van der Waals surface area contributed by atoms with Crippen LogP contribution in [0.4, 0.5) is 5.69 Å². The molecule has 0 atom stereocenters. The zero-order chi connectivity index (χ0) is 11.7. The van der Waals surface area contributed by atoms with Crippen LogP contribution in [-0.4, -0.2) is 11.4 Å². The lowest BCUT2D eigenvalue weighted by atomic mass is 9.94. The molecular weight excluding hydrogens is 188 g/mol. The van der Waals surface area contributed by atoms with Crippen molar-refractivity contribution in [1.82, 2.24) is 4.98 Å². The van der Waals surface area contributed by atoms with Crippen LogP contribution in [0.2, 0.25) is 0 Å². The van der Waals surface area contributed by atoms with Gasteiger partial charge in [0.25, 0.3) is 0 Å². The number of carbonyl (C=O) groups is 1. The molecule has 0 aliphatic heterocycles. The highest BCUT2D eigenvalue weighted by atomic mass is 16.1. The molecule has 1 aromatic rings. The van der Waals surface area contributed by atoms with Gasteiger partial charge in [0.05, 0.1) is 11.9 Å². The number of nitrogens with one attached hydrogen (secondary N) is 1. The molecule has 0 aliphatic carbocycles. The number of amides is 1. The van der Waals surface area contributed by atoms with E-state index in [1.165, 1.54) is 6.42 Å². The van der Waals surface area contributed by atoms with Gasteiger partial charge in [-0.15, -0.1) is 0 Å². The van der Waals surface area contributed by atoms with E-state index in [1.54, 1.807) is 24.5 Å². The van der Waals surface area contributed by atoms with E-state index in [0.29, 0.717) is 17.5 Å². The molecule has 0 saturated heterocycles. The van der Waals surface area contributed by atoms with Crippen LogP contribution in [0.3, 0.4) is 0 Å². The summed E-state index contributed by atoms with van der Waals surface area (Å²) < 4.78 is 0. The lowest BCUT2D eigenvalue weighted by molar-refractivity contribution is -0.105. The van der Waals surface area contributed by atoms with Crippen LogP contribution < -0.4 is 5.32 Å². The molecule has 1 rings (SSSR count). The first-order valence-electron chi connectivity index (χ1n) is 5.10. The Bertz CT molecular complexity index is 265. The minimum Gasteiger partial charge on any atom is -0.327 e. The van der Waals surface area contributed by atoms with Crippen molar-refractivity contribution in [3.8, 4) is 0 Å². The monoisotopic (exact) mass is 208 g/mol. The molecule has 0 radical (unpaired) electrons. The Morgan fingerprint density at radius 1 is 1.47 bits per heavy atom. The van der Waals surface area contributed by atoms with Crippen LogP contribution in [0.15, 0.2) is 24.5 Å². The van der Waals surface area contributed by atoms with Crippen molar-refractivity contribution < 1.29 is 4.79 Å². The minimum absolute atomic E-state index is 0.542. The molecule has 0 aromatic carbocycles. The number of hydrogen-bond donors (Lipinski definition) is 1. The second kappa shape index (κ2) is 6.98. The normalized spacial score (nSPS) is 9.87. The van der Waals surface area contributed by atoms with Crippen LogP contribution in [-0.2, 0) is 4.79 Å². The molecule has 0 unspecified atom stereocenters. The van der Waals surface area contributed by atoms with Gasteiger partial charge in [-0.2, -0.15) is 0 Å². The molecule has 1 amide bonds. The molecule has 0 aliphatic rings. The molecule has 1 aromatic heterocycles. The van der Waals surface area contributed by atoms with E-state index in [1.807, 2.05) is 0 Å². The standard InChI is InChI=1S/C6H6N2O.C6H14/c9-5-8-6-2-1-3-7-4-6;1-5-6(2,3)4/h1-5H,(H,8,9);5H2,1-4H3. The zero-order valence-electron chi connectivity index (χ0n) is 9.95. The maximum atomic E-state index is 9.84. The van der Waals surface area contributed by atoms with Crippen LogP contribution in [0, 0.1) is 5.41 Å². The second-order valence-corrected chi connectivity index (χ2v) is 4.42. The van der Waals surface area contributed by atoms with Crippen molar-refractivity contribution in [1.29, 1.82) is 0 Å². The Morgan fingerprint density at radius 3 is 2.40 bits per heavy atom. The number of aromatic nitrogens is 1. The van der Waals surface area contributed by atoms with E-state index < -0.39 is 0 Å². The van der Waals surface area contributed by atoms with Crippen LogP contribution in [0.25, 0.3) is 0 Å². The number of nitrogens with zero attached hydrogens (tertiary/aromatic N) is 1. The van der Waals surface area contributed by atoms with Gasteiger partial charge in [-0.1, -0.05) is 34.1 Å². The van der Waals surface area contributed by atoms with E-state index >= 15 is 0 Å². The largest absolute Gasteiger partial charge is 0.327 e. The molecule has 3 nitrogen and oxygen atoms in total. The number of pyridine rings is 1. The average molecular weight is 208 g/mol. The Labute approximate surface area is 91.9 Å². The molecule has 84 valence electrons. The molecule has 1 N–H and O–H groups in total. The third kappa shape index (κ3) is 8.94. The SMILES string of the molecule is CCC(C)(C)C.O=CNc1cccnc1. The Morgan fingerprint density at radius 2 is 2.07 bits per heavy atom. The Balaban J connectivity index is 0.000000288. The van der Waals surface area contributed by atoms with Gasteiger partial charge >= 0.3 is 0 Å². The van der Waals surface area contributed by atoms with Crippen LogP contribution in [0.1, 0.15) is 34.1 Å². The molecule has 0 saturated carbocycles. The van der Waals surface area contributed by atoms with Crippen molar-refractivity contribution in [3.05, 3.63) is 24.5 Å². The summed E-state index contributed by atoms with van der Waals surface area (Å²) in [5, 5.41) is 2.46. The van der Waals surface area contributed by atoms with E-state index in [9.17, 15) is 4.79 Å². The van der Waals surface area contributed by atoms with Gasteiger partial charge in [-0.05, 0) is 17.5 Å². The summed E-state index contributed by atoms with van der Waals surface area (Å²) in [6.45, 7) is 8.94. The van der Waals surface area contributed by atoms with Crippen molar-refractivity contribution in [2.75, 3.05) is 5.32 Å². The van der Waals surface area contributed by atoms with Gasteiger partial charge < -0.3 is 5.32 Å². The molecule has 0 fully saturated rings. The summed E-state index contributed by atoms with van der Waals surface area (Å²) in [7, 11) is 0. The van der Waals surface area contributed by atoms with E-state index in [-0.39, 0.29) is 0 Å². The molecule has 15 heavy (non-hydrogen) atoms. The molecule has 0 bridgehead atoms. The van der Waals surface area contributed by atoms with Crippen molar-refractivity contribution in [2.24, 2.45) is 5.41 Å². The lowest BCUT2D eigenvalue weighted by Gasteiger charge is -2.12. The predicted molar refractivity (Wildman–Crippen MR) is 63.7 cm³/mol. The third-order valence-electron chi connectivity index (χ3n) is 1.95. The van der Waals surface area contributed by atoms with Crippen LogP contribution in [0.5, 0.6) is 0 Å². The minimum atomic E-state index is 0.542. The highest BCUT2D eigenvalue weighted by Crippen LogP contribution is 2.16. The lowest BCUT2D eigenvalue weighted by Crippen LogP contribution is -2.00. The molecule has 0 spiro atoms. The summed E-state index contributed by atoms with van der Waals surface area (Å²) in [6, 6.07) is 3.52.